The van der Waals surface area contributed by atoms with Crippen molar-refractivity contribution in [2.75, 3.05) is 7.05 Å². The average Bonchev–Trinajstić information content (AvgIpc) is 2.69. The summed E-state index contributed by atoms with van der Waals surface area (Å²) in [6.45, 7) is 3.60. The highest BCUT2D eigenvalue weighted by Gasteiger charge is 2.30. The van der Waals surface area contributed by atoms with Gasteiger partial charge >= 0.3 is 0 Å². The Morgan fingerprint density at radius 3 is 2.87 bits per heavy atom. The van der Waals surface area contributed by atoms with Crippen LogP contribution >= 0.6 is 0 Å². The van der Waals surface area contributed by atoms with Gasteiger partial charge in [-0.05, 0) is 13.8 Å². The number of amides is 1. The summed E-state index contributed by atoms with van der Waals surface area (Å²) in [5.74, 6) is 0.501. The molecule has 80 valence electrons. The number of nitriles is 1. The number of carbonyl (C=O) groups is 1. The lowest BCUT2D eigenvalue weighted by atomic mass is 9.94. The van der Waals surface area contributed by atoms with Gasteiger partial charge in [0.2, 0.25) is 5.91 Å². The average molecular weight is 206 g/mol. The zero-order chi connectivity index (χ0) is 11.5. The van der Waals surface area contributed by atoms with E-state index in [1.54, 1.807) is 33.3 Å². The maximum absolute atomic E-state index is 11.8. The van der Waals surface area contributed by atoms with Gasteiger partial charge in [0.15, 0.2) is 0 Å². The van der Waals surface area contributed by atoms with Crippen molar-refractivity contribution in [3.8, 4) is 6.07 Å². The van der Waals surface area contributed by atoms with Crippen LogP contribution in [0.5, 0.6) is 0 Å². The molecular formula is C10H14N4O. The normalized spacial score (nSPS) is 10.8. The van der Waals surface area contributed by atoms with E-state index in [4.69, 9.17) is 5.26 Å². The van der Waals surface area contributed by atoms with E-state index in [0.717, 1.165) is 0 Å². The van der Waals surface area contributed by atoms with Crippen LogP contribution in [0.25, 0.3) is 0 Å². The van der Waals surface area contributed by atoms with E-state index >= 15 is 0 Å². The van der Waals surface area contributed by atoms with Crippen molar-refractivity contribution in [1.82, 2.24) is 14.9 Å². The van der Waals surface area contributed by atoms with Crippen LogP contribution in [0.3, 0.4) is 0 Å². The third kappa shape index (κ3) is 2.56. The predicted octanol–water partition coefficient (Wildman–Crippen LogP) is 0.918. The van der Waals surface area contributed by atoms with Crippen LogP contribution in [0.4, 0.5) is 0 Å². The summed E-state index contributed by atoms with van der Waals surface area (Å²) in [4.78, 5) is 20.2. The van der Waals surface area contributed by atoms with Crippen molar-refractivity contribution in [3.05, 3.63) is 18.2 Å². The van der Waals surface area contributed by atoms with Gasteiger partial charge in [0.1, 0.15) is 11.2 Å². The molecule has 0 aliphatic rings. The summed E-state index contributed by atoms with van der Waals surface area (Å²) >= 11 is 0. The molecule has 0 fully saturated rings. The molecule has 1 heterocycles. The van der Waals surface area contributed by atoms with Crippen molar-refractivity contribution in [2.24, 2.45) is 5.41 Å². The molecule has 0 spiro atoms. The van der Waals surface area contributed by atoms with Crippen molar-refractivity contribution in [2.45, 2.75) is 20.4 Å². The van der Waals surface area contributed by atoms with Gasteiger partial charge in [-0.25, -0.2) is 4.98 Å². The Balaban J connectivity index is 2.67. The quantitative estimate of drug-likeness (QED) is 0.799. The topological polar surface area (TPSA) is 72.8 Å². The van der Waals surface area contributed by atoms with Crippen LogP contribution in [0.15, 0.2) is 12.4 Å². The SMILES string of the molecule is CN(Cc1ncc[nH]1)C(=O)C(C)(C)C#N. The van der Waals surface area contributed by atoms with Crippen molar-refractivity contribution in [1.29, 1.82) is 5.26 Å². The number of imidazole rings is 1. The van der Waals surface area contributed by atoms with E-state index in [9.17, 15) is 4.79 Å². The predicted molar refractivity (Wildman–Crippen MR) is 54.5 cm³/mol. The molecular weight excluding hydrogens is 192 g/mol. The van der Waals surface area contributed by atoms with Gasteiger partial charge in [-0.15, -0.1) is 0 Å². The number of hydrogen-bond donors (Lipinski definition) is 1. The Bertz CT molecular complexity index is 375. The monoisotopic (exact) mass is 206 g/mol. The molecule has 1 N–H and O–H groups in total. The lowest BCUT2D eigenvalue weighted by Crippen LogP contribution is -2.37. The molecule has 5 heteroatoms. The molecule has 0 bridgehead atoms. The first-order valence-electron chi connectivity index (χ1n) is 4.62. The number of nitrogens with one attached hydrogen (secondary N) is 1. The summed E-state index contributed by atoms with van der Waals surface area (Å²) in [5.41, 5.74) is -0.985. The Labute approximate surface area is 88.7 Å². The molecule has 0 saturated carbocycles. The fraction of sp³-hybridized carbons (Fsp3) is 0.500. The first-order valence-corrected chi connectivity index (χ1v) is 4.62. The smallest absolute Gasteiger partial charge is 0.242 e. The number of aromatic nitrogens is 2. The third-order valence-corrected chi connectivity index (χ3v) is 2.10. The molecule has 0 radical (unpaired) electrons. The molecule has 1 aromatic heterocycles. The summed E-state index contributed by atoms with van der Waals surface area (Å²) < 4.78 is 0. The Kier molecular flexibility index (Phi) is 3.10. The minimum Gasteiger partial charge on any atom is -0.347 e. The second-order valence-corrected chi connectivity index (χ2v) is 3.93. The molecule has 0 aliphatic carbocycles. The second kappa shape index (κ2) is 4.13. The first kappa shape index (κ1) is 11.2. The first-order chi connectivity index (χ1) is 6.97. The fourth-order valence-corrected chi connectivity index (χ4v) is 1.21. The van der Waals surface area contributed by atoms with Gasteiger partial charge in [-0.1, -0.05) is 0 Å². The minimum absolute atomic E-state index is 0.207. The third-order valence-electron chi connectivity index (χ3n) is 2.10. The molecule has 0 aliphatic heterocycles. The summed E-state index contributed by atoms with van der Waals surface area (Å²) in [7, 11) is 1.66. The second-order valence-electron chi connectivity index (χ2n) is 3.93. The van der Waals surface area contributed by atoms with E-state index < -0.39 is 5.41 Å². The molecule has 0 unspecified atom stereocenters. The van der Waals surface area contributed by atoms with Gasteiger partial charge in [0.25, 0.3) is 0 Å². The Morgan fingerprint density at radius 2 is 2.40 bits per heavy atom. The van der Waals surface area contributed by atoms with Crippen LogP contribution in [0.2, 0.25) is 0 Å². The van der Waals surface area contributed by atoms with E-state index in [1.165, 1.54) is 4.90 Å². The fourth-order valence-electron chi connectivity index (χ4n) is 1.21. The Morgan fingerprint density at radius 1 is 1.73 bits per heavy atom. The highest BCUT2D eigenvalue weighted by Crippen LogP contribution is 2.17. The standard InChI is InChI=1S/C10H14N4O/c1-10(2,7-11)9(15)14(3)6-8-12-4-5-13-8/h4-5H,6H2,1-3H3,(H,12,13). The lowest BCUT2D eigenvalue weighted by Gasteiger charge is -2.22. The van der Waals surface area contributed by atoms with Crippen LogP contribution in [0.1, 0.15) is 19.7 Å². The van der Waals surface area contributed by atoms with Gasteiger partial charge in [-0.3, -0.25) is 4.79 Å². The molecule has 0 atom stereocenters. The summed E-state index contributed by atoms with van der Waals surface area (Å²) in [6.07, 6.45) is 3.33. The van der Waals surface area contributed by atoms with Crippen LogP contribution in [-0.2, 0) is 11.3 Å². The van der Waals surface area contributed by atoms with E-state index in [1.807, 2.05) is 6.07 Å². The zero-order valence-electron chi connectivity index (χ0n) is 9.11. The number of aromatic amines is 1. The molecule has 0 saturated heterocycles. The molecule has 5 nitrogen and oxygen atoms in total. The van der Waals surface area contributed by atoms with E-state index in [0.29, 0.717) is 12.4 Å². The highest BCUT2D eigenvalue weighted by molar-refractivity contribution is 5.84. The molecule has 0 aromatic carbocycles. The van der Waals surface area contributed by atoms with Gasteiger partial charge in [0.05, 0.1) is 12.6 Å². The van der Waals surface area contributed by atoms with E-state index in [-0.39, 0.29) is 5.91 Å². The summed E-state index contributed by atoms with van der Waals surface area (Å²) in [5, 5.41) is 8.82. The van der Waals surface area contributed by atoms with Crippen LogP contribution in [0, 0.1) is 16.7 Å². The van der Waals surface area contributed by atoms with Crippen LogP contribution < -0.4 is 0 Å². The molecule has 1 amide bonds. The number of rotatable bonds is 3. The Hall–Kier alpha value is -1.83. The van der Waals surface area contributed by atoms with Crippen molar-refractivity contribution < 1.29 is 4.79 Å². The molecule has 15 heavy (non-hydrogen) atoms. The largest absolute Gasteiger partial charge is 0.347 e. The van der Waals surface area contributed by atoms with Gasteiger partial charge in [-0.2, -0.15) is 5.26 Å². The minimum atomic E-state index is -0.985. The highest BCUT2D eigenvalue weighted by atomic mass is 16.2. The summed E-state index contributed by atoms with van der Waals surface area (Å²) in [6, 6.07) is 1.98. The van der Waals surface area contributed by atoms with Gasteiger partial charge < -0.3 is 9.88 Å². The lowest BCUT2D eigenvalue weighted by molar-refractivity contribution is -0.136. The number of H-pyrrole nitrogens is 1. The van der Waals surface area contributed by atoms with Crippen LogP contribution in [-0.4, -0.2) is 27.8 Å². The maximum atomic E-state index is 11.8. The van der Waals surface area contributed by atoms with E-state index in [2.05, 4.69) is 9.97 Å². The van der Waals surface area contributed by atoms with Gasteiger partial charge in [0, 0.05) is 19.4 Å². The van der Waals surface area contributed by atoms with Crippen molar-refractivity contribution >= 4 is 5.91 Å². The van der Waals surface area contributed by atoms with Crippen molar-refractivity contribution in [3.63, 3.8) is 0 Å². The molecule has 1 aromatic rings. The number of hydrogen-bond acceptors (Lipinski definition) is 3. The zero-order valence-corrected chi connectivity index (χ0v) is 9.11. The number of carbonyl (C=O) groups excluding carboxylic acids is 1. The number of nitrogens with zero attached hydrogens (tertiary/aromatic N) is 3. The molecule has 1 rings (SSSR count). The maximum Gasteiger partial charge on any atom is 0.242 e.